The maximum atomic E-state index is 13.2. The first-order chi connectivity index (χ1) is 15.0. The fraction of sp³-hybridized carbons (Fsp3) is 0.200. The van der Waals surface area contributed by atoms with Crippen LogP contribution in [0.4, 0.5) is 5.69 Å². The van der Waals surface area contributed by atoms with Gasteiger partial charge in [-0.1, -0.05) is 24.3 Å². The smallest absolute Gasteiger partial charge is 0.206 e. The van der Waals surface area contributed by atoms with Gasteiger partial charge in [0.05, 0.1) is 21.6 Å². The second-order valence-electron chi connectivity index (χ2n) is 7.72. The maximum absolute atomic E-state index is 13.2. The highest BCUT2D eigenvalue weighted by molar-refractivity contribution is 7.12. The number of thiophene rings is 1. The van der Waals surface area contributed by atoms with Gasteiger partial charge in [0.25, 0.3) is 0 Å². The van der Waals surface area contributed by atoms with Crippen molar-refractivity contribution in [3.05, 3.63) is 76.6 Å². The lowest BCUT2D eigenvalue weighted by Gasteiger charge is -2.16. The lowest BCUT2D eigenvalue weighted by atomic mass is 9.99. The van der Waals surface area contributed by atoms with Crippen molar-refractivity contribution in [2.24, 2.45) is 0 Å². The van der Waals surface area contributed by atoms with Crippen LogP contribution in [0.15, 0.2) is 66.2 Å². The van der Waals surface area contributed by atoms with Crippen molar-refractivity contribution in [3.63, 3.8) is 0 Å². The number of carbonyl (C=O) groups excluding carboxylic acids is 1. The molecule has 0 fully saturated rings. The average molecular weight is 432 g/mol. The van der Waals surface area contributed by atoms with Crippen LogP contribution in [-0.4, -0.2) is 48.0 Å². The Balaban J connectivity index is 1.78. The number of hydrogen-bond acceptors (Lipinski definition) is 6. The molecule has 0 saturated carbocycles. The van der Waals surface area contributed by atoms with Crippen LogP contribution in [0.25, 0.3) is 22.0 Å². The maximum Gasteiger partial charge on any atom is 0.206 e. The number of anilines is 1. The van der Waals surface area contributed by atoms with Crippen molar-refractivity contribution in [1.29, 1.82) is 0 Å². The molecule has 0 radical (unpaired) electrons. The molecule has 4 aromatic rings. The zero-order chi connectivity index (χ0) is 21.8. The summed E-state index contributed by atoms with van der Waals surface area (Å²) in [6.45, 7) is 1.72. The Morgan fingerprint density at radius 3 is 2.58 bits per heavy atom. The number of pyridine rings is 1. The number of phenols is 1. The number of benzene rings is 2. The molecular weight excluding hydrogens is 406 g/mol. The zero-order valence-corrected chi connectivity index (χ0v) is 18.4. The van der Waals surface area contributed by atoms with Crippen molar-refractivity contribution in [3.8, 4) is 16.9 Å². The molecule has 0 atom stereocenters. The van der Waals surface area contributed by atoms with Gasteiger partial charge < -0.3 is 15.3 Å². The summed E-state index contributed by atoms with van der Waals surface area (Å²) in [5, 5.41) is 16.0. The Labute approximate surface area is 186 Å². The summed E-state index contributed by atoms with van der Waals surface area (Å²) in [7, 11) is 4.11. The normalized spacial score (nSPS) is 11.2. The predicted octanol–water partition coefficient (Wildman–Crippen LogP) is 5.26. The summed E-state index contributed by atoms with van der Waals surface area (Å²) in [4.78, 5) is 20.6. The molecule has 0 amide bonds. The minimum Gasteiger partial charge on any atom is -0.508 e. The van der Waals surface area contributed by atoms with Crippen LogP contribution in [0.1, 0.15) is 21.7 Å². The van der Waals surface area contributed by atoms with E-state index in [1.807, 2.05) is 41.8 Å². The van der Waals surface area contributed by atoms with E-state index in [9.17, 15) is 9.90 Å². The number of hydrogen-bond donors (Lipinski definition) is 2. The molecule has 2 aromatic heterocycles. The van der Waals surface area contributed by atoms with Crippen LogP contribution in [0.2, 0.25) is 0 Å². The third kappa shape index (κ3) is 4.76. The number of nitrogens with zero attached hydrogens (tertiary/aromatic N) is 2. The molecule has 0 spiro atoms. The monoisotopic (exact) mass is 431 g/mol. The minimum absolute atomic E-state index is 0.0189. The largest absolute Gasteiger partial charge is 0.508 e. The van der Waals surface area contributed by atoms with Crippen molar-refractivity contribution < 1.29 is 9.90 Å². The number of fused-ring (bicyclic) bond motifs is 1. The molecule has 5 nitrogen and oxygen atoms in total. The predicted molar refractivity (Wildman–Crippen MR) is 128 cm³/mol. The second-order valence-corrected chi connectivity index (χ2v) is 8.66. The third-order valence-electron chi connectivity index (χ3n) is 5.14. The molecule has 4 rings (SSSR count). The standard InChI is InChI=1S/C25H25N3O2S/c1-28(2)13-4-12-26-24-20-15-18(17-6-9-19(29)10-7-17)8-11-22(20)27-16-21(24)25(30)23-5-3-14-31-23/h3,5-11,14-16,29H,4,12-13H2,1-2H3,(H,26,27). The van der Waals surface area contributed by atoms with Crippen LogP contribution in [0.5, 0.6) is 5.75 Å². The van der Waals surface area contributed by atoms with E-state index in [4.69, 9.17) is 0 Å². The molecule has 6 heteroatoms. The first-order valence-corrected chi connectivity index (χ1v) is 11.1. The van der Waals surface area contributed by atoms with Gasteiger partial charge >= 0.3 is 0 Å². The van der Waals surface area contributed by atoms with Crippen molar-refractivity contribution in [2.75, 3.05) is 32.5 Å². The zero-order valence-electron chi connectivity index (χ0n) is 17.6. The minimum atomic E-state index is -0.0189. The molecule has 0 aliphatic heterocycles. The van der Waals surface area contributed by atoms with Gasteiger partial charge in [0.2, 0.25) is 5.78 Å². The van der Waals surface area contributed by atoms with E-state index in [1.54, 1.807) is 18.3 Å². The summed E-state index contributed by atoms with van der Waals surface area (Å²) in [5.74, 6) is 0.216. The van der Waals surface area contributed by atoms with E-state index in [0.717, 1.165) is 47.2 Å². The van der Waals surface area contributed by atoms with Gasteiger partial charge in [0, 0.05) is 18.1 Å². The lowest BCUT2D eigenvalue weighted by molar-refractivity contribution is 0.104. The van der Waals surface area contributed by atoms with E-state index in [1.165, 1.54) is 11.3 Å². The molecule has 0 aliphatic carbocycles. The Bertz CT molecular complexity index is 1190. The van der Waals surface area contributed by atoms with Crippen molar-refractivity contribution in [1.82, 2.24) is 9.88 Å². The fourth-order valence-electron chi connectivity index (χ4n) is 3.54. The Morgan fingerprint density at radius 1 is 1.10 bits per heavy atom. The molecule has 2 N–H and O–H groups in total. The number of phenolic OH excluding ortho intramolecular Hbond substituents is 1. The van der Waals surface area contributed by atoms with Gasteiger partial charge in [-0.15, -0.1) is 11.3 Å². The molecule has 2 aromatic carbocycles. The second kappa shape index (κ2) is 9.29. The van der Waals surface area contributed by atoms with Gasteiger partial charge in [-0.2, -0.15) is 0 Å². The molecule has 158 valence electrons. The summed E-state index contributed by atoms with van der Waals surface area (Å²) in [6.07, 6.45) is 2.64. The Morgan fingerprint density at radius 2 is 1.87 bits per heavy atom. The quantitative estimate of drug-likeness (QED) is 0.294. The number of ketones is 1. The summed E-state index contributed by atoms with van der Waals surface area (Å²) >= 11 is 1.44. The molecule has 0 saturated heterocycles. The third-order valence-corrected chi connectivity index (χ3v) is 6.01. The van der Waals surface area contributed by atoms with E-state index in [0.29, 0.717) is 10.4 Å². The fourth-order valence-corrected chi connectivity index (χ4v) is 4.22. The van der Waals surface area contributed by atoms with E-state index < -0.39 is 0 Å². The molecule has 0 unspecified atom stereocenters. The summed E-state index contributed by atoms with van der Waals surface area (Å²) in [5.41, 5.74) is 4.24. The average Bonchev–Trinajstić information content (AvgIpc) is 3.31. The number of carbonyl (C=O) groups is 1. The number of aromatic nitrogens is 1. The van der Waals surface area contributed by atoms with Gasteiger partial charge in [-0.3, -0.25) is 9.78 Å². The molecular formula is C25H25N3O2S. The van der Waals surface area contributed by atoms with Gasteiger partial charge in [0.15, 0.2) is 0 Å². The summed E-state index contributed by atoms with van der Waals surface area (Å²) in [6, 6.07) is 16.9. The number of rotatable bonds is 8. The topological polar surface area (TPSA) is 65.5 Å². The lowest BCUT2D eigenvalue weighted by Crippen LogP contribution is -2.17. The number of aromatic hydroxyl groups is 1. The molecule has 31 heavy (non-hydrogen) atoms. The van der Waals surface area contributed by atoms with E-state index in [2.05, 4.69) is 35.4 Å². The number of nitrogens with one attached hydrogen (secondary N) is 1. The van der Waals surface area contributed by atoms with Crippen LogP contribution < -0.4 is 5.32 Å². The SMILES string of the molecule is CN(C)CCCNc1c(C(=O)c2cccs2)cnc2ccc(-c3ccc(O)cc3)cc12. The van der Waals surface area contributed by atoms with E-state index >= 15 is 0 Å². The van der Waals surface area contributed by atoms with Gasteiger partial charge in [-0.25, -0.2) is 0 Å². The van der Waals surface area contributed by atoms with Crippen molar-refractivity contribution >= 4 is 33.7 Å². The van der Waals surface area contributed by atoms with Gasteiger partial charge in [0.1, 0.15) is 5.75 Å². The first kappa shape index (κ1) is 21.0. The highest BCUT2D eigenvalue weighted by Crippen LogP contribution is 2.32. The Kier molecular flexibility index (Phi) is 6.30. The Hall–Kier alpha value is -3.22. The highest BCUT2D eigenvalue weighted by atomic mass is 32.1. The van der Waals surface area contributed by atoms with Crippen LogP contribution in [0, 0.1) is 0 Å². The highest BCUT2D eigenvalue weighted by Gasteiger charge is 2.18. The summed E-state index contributed by atoms with van der Waals surface area (Å²) < 4.78 is 0. The van der Waals surface area contributed by atoms with E-state index in [-0.39, 0.29) is 11.5 Å². The van der Waals surface area contributed by atoms with Crippen LogP contribution >= 0.6 is 11.3 Å². The van der Waals surface area contributed by atoms with Crippen LogP contribution in [0.3, 0.4) is 0 Å². The molecule has 0 bridgehead atoms. The molecule has 0 aliphatic rings. The van der Waals surface area contributed by atoms with Crippen molar-refractivity contribution in [2.45, 2.75) is 6.42 Å². The molecule has 2 heterocycles. The first-order valence-electron chi connectivity index (χ1n) is 10.2. The van der Waals surface area contributed by atoms with Gasteiger partial charge in [-0.05, 0) is 73.9 Å². The van der Waals surface area contributed by atoms with Crippen LogP contribution in [-0.2, 0) is 0 Å².